The van der Waals surface area contributed by atoms with E-state index in [1.165, 1.54) is 0 Å². The zero-order valence-electron chi connectivity index (χ0n) is 7.79. The molecule has 0 aromatic carbocycles. The SMILES string of the molecule is CC(C)C1CN(CC(=O)CS)C1. The highest BCUT2D eigenvalue weighted by molar-refractivity contribution is 7.81. The summed E-state index contributed by atoms with van der Waals surface area (Å²) in [4.78, 5) is 13.2. The van der Waals surface area contributed by atoms with Gasteiger partial charge in [-0.15, -0.1) is 0 Å². The van der Waals surface area contributed by atoms with E-state index in [2.05, 4.69) is 31.4 Å². The Bertz CT molecular complexity index is 164. The van der Waals surface area contributed by atoms with Gasteiger partial charge in [0.15, 0.2) is 5.78 Å². The summed E-state index contributed by atoms with van der Waals surface area (Å²) in [5.74, 6) is 2.17. The van der Waals surface area contributed by atoms with E-state index in [4.69, 9.17) is 0 Å². The predicted molar refractivity (Wildman–Crippen MR) is 53.6 cm³/mol. The Labute approximate surface area is 79.7 Å². The van der Waals surface area contributed by atoms with E-state index < -0.39 is 0 Å². The maximum atomic E-state index is 11.0. The maximum absolute atomic E-state index is 11.0. The Balaban J connectivity index is 2.13. The molecule has 1 rings (SSSR count). The molecule has 1 fully saturated rings. The van der Waals surface area contributed by atoms with E-state index in [0.717, 1.165) is 24.9 Å². The molecule has 0 bridgehead atoms. The Morgan fingerprint density at radius 2 is 2.17 bits per heavy atom. The average Bonchev–Trinajstić information content (AvgIpc) is 1.94. The van der Waals surface area contributed by atoms with Gasteiger partial charge >= 0.3 is 0 Å². The van der Waals surface area contributed by atoms with Crippen LogP contribution in [0, 0.1) is 11.8 Å². The van der Waals surface area contributed by atoms with Gasteiger partial charge in [0.2, 0.25) is 0 Å². The summed E-state index contributed by atoms with van der Waals surface area (Å²) in [5.41, 5.74) is 0. The molecule has 0 spiro atoms. The third kappa shape index (κ3) is 2.49. The molecule has 0 saturated carbocycles. The average molecular weight is 187 g/mol. The molecule has 1 aliphatic rings. The molecule has 1 heterocycles. The van der Waals surface area contributed by atoms with Gasteiger partial charge in [-0.25, -0.2) is 0 Å². The lowest BCUT2D eigenvalue weighted by molar-refractivity contribution is -0.119. The van der Waals surface area contributed by atoms with Crippen LogP contribution < -0.4 is 0 Å². The minimum atomic E-state index is 0.237. The highest BCUT2D eigenvalue weighted by Crippen LogP contribution is 2.22. The van der Waals surface area contributed by atoms with Crippen LogP contribution in [-0.4, -0.2) is 36.1 Å². The smallest absolute Gasteiger partial charge is 0.156 e. The van der Waals surface area contributed by atoms with Gasteiger partial charge in [0.05, 0.1) is 12.3 Å². The number of hydrogen-bond acceptors (Lipinski definition) is 3. The number of carbonyl (C=O) groups excluding carboxylic acids is 1. The summed E-state index contributed by atoms with van der Waals surface area (Å²) in [5, 5.41) is 0. The van der Waals surface area contributed by atoms with E-state index >= 15 is 0 Å². The fourth-order valence-electron chi connectivity index (χ4n) is 1.46. The quantitative estimate of drug-likeness (QED) is 0.664. The fourth-order valence-corrected chi connectivity index (χ4v) is 1.56. The number of Topliss-reactive ketones (excluding diaryl/α,β-unsaturated/α-hetero) is 1. The van der Waals surface area contributed by atoms with Crippen LogP contribution in [0.1, 0.15) is 13.8 Å². The fraction of sp³-hybridized carbons (Fsp3) is 0.889. The van der Waals surface area contributed by atoms with Crippen molar-refractivity contribution >= 4 is 18.4 Å². The van der Waals surface area contributed by atoms with E-state index in [0.29, 0.717) is 12.3 Å². The molecule has 3 heteroatoms. The second kappa shape index (κ2) is 4.28. The van der Waals surface area contributed by atoms with Crippen LogP contribution in [0.3, 0.4) is 0 Å². The third-order valence-corrected chi connectivity index (χ3v) is 2.86. The minimum absolute atomic E-state index is 0.237. The molecule has 0 aromatic heterocycles. The normalized spacial score (nSPS) is 19.7. The predicted octanol–water partition coefficient (Wildman–Crippen LogP) is 1.07. The van der Waals surface area contributed by atoms with Gasteiger partial charge in [-0.1, -0.05) is 13.8 Å². The first-order chi connectivity index (χ1) is 5.63. The van der Waals surface area contributed by atoms with Gasteiger partial charge < -0.3 is 0 Å². The van der Waals surface area contributed by atoms with Gasteiger partial charge in [0, 0.05) is 13.1 Å². The molecule has 0 aliphatic carbocycles. The molecule has 0 unspecified atom stereocenters. The maximum Gasteiger partial charge on any atom is 0.156 e. The Morgan fingerprint density at radius 3 is 2.58 bits per heavy atom. The topological polar surface area (TPSA) is 20.3 Å². The van der Waals surface area contributed by atoms with Gasteiger partial charge in [0.25, 0.3) is 0 Å². The van der Waals surface area contributed by atoms with Crippen LogP contribution in [-0.2, 0) is 4.79 Å². The standard InChI is InChI=1S/C9H17NOS/c1-7(2)8-3-10(4-8)5-9(11)6-12/h7-8,12H,3-6H2,1-2H3. The molecule has 0 radical (unpaired) electrons. The number of nitrogens with zero attached hydrogens (tertiary/aromatic N) is 1. The second-order valence-electron chi connectivity index (χ2n) is 3.89. The Morgan fingerprint density at radius 1 is 1.58 bits per heavy atom. The van der Waals surface area contributed by atoms with Crippen molar-refractivity contribution in [1.82, 2.24) is 4.90 Å². The van der Waals surface area contributed by atoms with Gasteiger partial charge in [0.1, 0.15) is 0 Å². The molecule has 2 nitrogen and oxygen atoms in total. The summed E-state index contributed by atoms with van der Waals surface area (Å²) >= 11 is 3.94. The van der Waals surface area contributed by atoms with E-state index in [1.54, 1.807) is 0 Å². The monoisotopic (exact) mass is 187 g/mol. The number of thiol groups is 1. The van der Waals surface area contributed by atoms with Crippen molar-refractivity contribution in [3.05, 3.63) is 0 Å². The van der Waals surface area contributed by atoms with Crippen molar-refractivity contribution in [2.24, 2.45) is 11.8 Å². The second-order valence-corrected chi connectivity index (χ2v) is 4.21. The van der Waals surface area contributed by atoms with Gasteiger partial charge in [-0.05, 0) is 11.8 Å². The molecular formula is C9H17NOS. The first-order valence-corrected chi connectivity index (χ1v) is 5.11. The zero-order chi connectivity index (χ0) is 9.14. The van der Waals surface area contributed by atoms with Crippen molar-refractivity contribution in [3.8, 4) is 0 Å². The van der Waals surface area contributed by atoms with E-state index in [1.807, 2.05) is 0 Å². The van der Waals surface area contributed by atoms with Crippen LogP contribution in [0.4, 0.5) is 0 Å². The van der Waals surface area contributed by atoms with Crippen LogP contribution >= 0.6 is 12.6 Å². The van der Waals surface area contributed by atoms with Crippen molar-refractivity contribution < 1.29 is 4.79 Å². The number of likely N-dealkylation sites (tertiary alicyclic amines) is 1. The Kier molecular flexibility index (Phi) is 3.59. The molecule has 0 amide bonds. The van der Waals surface area contributed by atoms with Crippen molar-refractivity contribution in [2.75, 3.05) is 25.4 Å². The van der Waals surface area contributed by atoms with Crippen LogP contribution in [0.25, 0.3) is 0 Å². The third-order valence-electron chi connectivity index (χ3n) is 2.50. The van der Waals surface area contributed by atoms with Gasteiger partial charge in [-0.2, -0.15) is 12.6 Å². The number of rotatable bonds is 4. The van der Waals surface area contributed by atoms with Crippen molar-refractivity contribution in [3.63, 3.8) is 0 Å². The summed E-state index contributed by atoms with van der Waals surface area (Å²) in [6.07, 6.45) is 0. The largest absolute Gasteiger partial charge is 0.297 e. The number of hydrogen-bond donors (Lipinski definition) is 1. The van der Waals surface area contributed by atoms with E-state index in [9.17, 15) is 4.79 Å². The highest BCUT2D eigenvalue weighted by atomic mass is 32.1. The van der Waals surface area contributed by atoms with E-state index in [-0.39, 0.29) is 5.78 Å². The summed E-state index contributed by atoms with van der Waals surface area (Å²) in [6, 6.07) is 0. The molecule has 0 N–H and O–H groups in total. The first-order valence-electron chi connectivity index (χ1n) is 4.48. The molecular weight excluding hydrogens is 170 g/mol. The molecule has 70 valence electrons. The molecule has 12 heavy (non-hydrogen) atoms. The zero-order valence-corrected chi connectivity index (χ0v) is 8.68. The van der Waals surface area contributed by atoms with Crippen LogP contribution in [0.2, 0.25) is 0 Å². The number of ketones is 1. The Hall–Kier alpha value is -0.0200. The summed E-state index contributed by atoms with van der Waals surface area (Å²) < 4.78 is 0. The molecule has 0 atom stereocenters. The lowest BCUT2D eigenvalue weighted by atomic mass is 9.88. The lowest BCUT2D eigenvalue weighted by Crippen LogP contribution is -2.50. The summed E-state index contributed by atoms with van der Waals surface area (Å²) in [6.45, 7) is 7.27. The number of carbonyl (C=O) groups is 1. The highest BCUT2D eigenvalue weighted by Gasteiger charge is 2.29. The summed E-state index contributed by atoms with van der Waals surface area (Å²) in [7, 11) is 0. The van der Waals surface area contributed by atoms with Crippen LogP contribution in [0.5, 0.6) is 0 Å². The van der Waals surface area contributed by atoms with Gasteiger partial charge in [-0.3, -0.25) is 9.69 Å². The molecule has 0 aromatic rings. The lowest BCUT2D eigenvalue weighted by Gasteiger charge is -2.41. The minimum Gasteiger partial charge on any atom is -0.297 e. The van der Waals surface area contributed by atoms with Crippen LogP contribution in [0.15, 0.2) is 0 Å². The van der Waals surface area contributed by atoms with Crippen molar-refractivity contribution in [1.29, 1.82) is 0 Å². The molecule has 1 aliphatic heterocycles. The molecule has 1 saturated heterocycles. The first kappa shape index (κ1) is 10.1. The van der Waals surface area contributed by atoms with Crippen molar-refractivity contribution in [2.45, 2.75) is 13.8 Å².